The number of aromatic nitrogens is 1. The van der Waals surface area contributed by atoms with Gasteiger partial charge in [-0.15, -0.1) is 11.3 Å². The Hall–Kier alpha value is 0.160. The number of rotatable bonds is 3. The number of hydrogen-bond acceptors (Lipinski definition) is 3. The normalized spacial score (nSPS) is 24.8. The zero-order valence-electron chi connectivity index (χ0n) is 9.03. The zero-order chi connectivity index (χ0) is 11.0. The fourth-order valence-corrected chi connectivity index (χ4v) is 6.35. The van der Waals surface area contributed by atoms with Gasteiger partial charge in [0.15, 0.2) is 0 Å². The van der Waals surface area contributed by atoms with Crippen molar-refractivity contribution in [3.63, 3.8) is 0 Å². The van der Waals surface area contributed by atoms with Crippen molar-refractivity contribution >= 4 is 29.6 Å². The molecular weight excluding hydrogens is 259 g/mol. The minimum absolute atomic E-state index is 1.25. The average molecular weight is 274 g/mol. The molecule has 1 aromatic rings. The standard InChI is InChI=1S/C6H12N3PS.C3H3NS/c11-10(7-1-2-7,8-3-4-8)9-5-6-9;1-2-5-3-4-1/h1-6H2;1-3H. The Morgan fingerprint density at radius 2 is 1.50 bits per heavy atom. The van der Waals surface area contributed by atoms with Crippen molar-refractivity contribution < 1.29 is 0 Å². The second-order valence-corrected chi connectivity index (χ2v) is 9.00. The highest BCUT2D eigenvalue weighted by Gasteiger charge is 2.50. The van der Waals surface area contributed by atoms with E-state index in [1.165, 1.54) is 39.3 Å². The maximum atomic E-state index is 5.75. The molecule has 0 spiro atoms. The average Bonchev–Trinajstić information content (AvgIpc) is 3.11. The van der Waals surface area contributed by atoms with Crippen LogP contribution in [0.15, 0.2) is 17.1 Å². The summed E-state index contributed by atoms with van der Waals surface area (Å²) in [6.45, 7) is 6.26. The van der Waals surface area contributed by atoms with Gasteiger partial charge < -0.3 is 0 Å². The van der Waals surface area contributed by atoms with Gasteiger partial charge in [0, 0.05) is 50.8 Å². The molecule has 0 bridgehead atoms. The minimum atomic E-state index is -1.27. The Bertz CT molecular complexity index is 329. The van der Waals surface area contributed by atoms with Gasteiger partial charge in [-0.2, -0.15) is 0 Å². The fourth-order valence-electron chi connectivity index (χ4n) is 1.63. The minimum Gasteiger partial charge on any atom is -0.253 e. The lowest BCUT2D eigenvalue weighted by Gasteiger charge is -2.25. The van der Waals surface area contributed by atoms with E-state index in [1.807, 2.05) is 5.38 Å². The Morgan fingerprint density at radius 3 is 1.69 bits per heavy atom. The van der Waals surface area contributed by atoms with Crippen molar-refractivity contribution in [2.75, 3.05) is 39.3 Å². The van der Waals surface area contributed by atoms with Gasteiger partial charge in [-0.05, 0) is 11.8 Å². The van der Waals surface area contributed by atoms with Crippen molar-refractivity contribution in [3.05, 3.63) is 17.1 Å². The number of thiazole rings is 1. The molecule has 3 saturated heterocycles. The summed E-state index contributed by atoms with van der Waals surface area (Å²) in [7, 11) is 0. The maximum Gasteiger partial charge on any atom is 0.145 e. The van der Waals surface area contributed by atoms with Gasteiger partial charge in [0.05, 0.1) is 5.51 Å². The van der Waals surface area contributed by atoms with Crippen molar-refractivity contribution in [1.29, 1.82) is 0 Å². The van der Waals surface area contributed by atoms with Crippen LogP contribution in [0.1, 0.15) is 0 Å². The summed E-state index contributed by atoms with van der Waals surface area (Å²) in [5.74, 6) is 0. The molecule has 4 rings (SSSR count). The molecule has 0 saturated carbocycles. The molecular formula is C9H15N4PS2. The van der Waals surface area contributed by atoms with Crippen molar-refractivity contribution in [3.8, 4) is 0 Å². The van der Waals surface area contributed by atoms with Crippen molar-refractivity contribution in [1.82, 2.24) is 19.0 Å². The number of hydrogen-bond donors (Lipinski definition) is 0. The van der Waals surface area contributed by atoms with Gasteiger partial charge in [-0.1, -0.05) is 0 Å². The Balaban J connectivity index is 0.000000137. The summed E-state index contributed by atoms with van der Waals surface area (Å²) < 4.78 is 7.47. The summed E-state index contributed by atoms with van der Waals surface area (Å²) in [6.07, 6.45) is 1.77. The summed E-state index contributed by atoms with van der Waals surface area (Å²) in [4.78, 5) is 3.74. The molecule has 0 unspecified atom stereocenters. The van der Waals surface area contributed by atoms with E-state index in [9.17, 15) is 0 Å². The molecule has 3 aliphatic heterocycles. The molecule has 0 aliphatic carbocycles. The third-order valence-corrected chi connectivity index (χ3v) is 8.73. The van der Waals surface area contributed by atoms with E-state index in [-0.39, 0.29) is 0 Å². The van der Waals surface area contributed by atoms with Gasteiger partial charge in [0.1, 0.15) is 6.49 Å². The zero-order valence-corrected chi connectivity index (χ0v) is 11.6. The maximum absolute atomic E-state index is 5.75. The van der Waals surface area contributed by atoms with Crippen LogP contribution in [0.4, 0.5) is 0 Å². The molecule has 4 nitrogen and oxygen atoms in total. The van der Waals surface area contributed by atoms with Crippen LogP contribution < -0.4 is 0 Å². The monoisotopic (exact) mass is 274 g/mol. The smallest absolute Gasteiger partial charge is 0.145 e. The first-order valence-electron chi connectivity index (χ1n) is 5.50. The van der Waals surface area contributed by atoms with E-state index in [1.54, 1.807) is 23.0 Å². The molecule has 0 radical (unpaired) electrons. The summed E-state index contributed by atoms with van der Waals surface area (Å²) in [5.41, 5.74) is 1.79. The highest BCUT2D eigenvalue weighted by molar-refractivity contribution is 8.11. The Labute approximate surface area is 105 Å². The van der Waals surface area contributed by atoms with Gasteiger partial charge in [0.2, 0.25) is 0 Å². The first-order valence-corrected chi connectivity index (χ1v) is 9.10. The van der Waals surface area contributed by atoms with Gasteiger partial charge in [0.25, 0.3) is 0 Å². The van der Waals surface area contributed by atoms with Crippen LogP contribution in [0.5, 0.6) is 0 Å². The Morgan fingerprint density at radius 1 is 1.00 bits per heavy atom. The van der Waals surface area contributed by atoms with Gasteiger partial charge in [-0.25, -0.2) is 14.0 Å². The largest absolute Gasteiger partial charge is 0.253 e. The second-order valence-electron chi connectivity index (χ2n) is 4.05. The van der Waals surface area contributed by atoms with Gasteiger partial charge in [-0.3, -0.25) is 4.98 Å². The first kappa shape index (κ1) is 11.3. The van der Waals surface area contributed by atoms with Crippen molar-refractivity contribution in [2.45, 2.75) is 0 Å². The summed E-state index contributed by atoms with van der Waals surface area (Å²) in [5, 5.41) is 1.93. The van der Waals surface area contributed by atoms with E-state index in [2.05, 4.69) is 19.0 Å². The molecule has 3 aliphatic rings. The van der Waals surface area contributed by atoms with Gasteiger partial charge >= 0.3 is 0 Å². The van der Waals surface area contributed by atoms with E-state index >= 15 is 0 Å². The van der Waals surface area contributed by atoms with Crippen LogP contribution >= 0.6 is 17.8 Å². The van der Waals surface area contributed by atoms with E-state index in [0.717, 1.165) is 0 Å². The highest BCUT2D eigenvalue weighted by atomic mass is 32.4. The first-order chi connectivity index (χ1) is 7.82. The second kappa shape index (κ2) is 4.44. The lowest BCUT2D eigenvalue weighted by Crippen LogP contribution is -2.11. The Kier molecular flexibility index (Phi) is 3.13. The third kappa shape index (κ3) is 2.37. The molecule has 1 aromatic heterocycles. The van der Waals surface area contributed by atoms with Crippen LogP contribution in [0, 0.1) is 0 Å². The topological polar surface area (TPSA) is 21.9 Å². The molecule has 88 valence electrons. The number of nitrogens with zero attached hydrogens (tertiary/aromatic N) is 4. The fraction of sp³-hybridized carbons (Fsp3) is 0.667. The van der Waals surface area contributed by atoms with Crippen LogP contribution in [0.3, 0.4) is 0 Å². The quantitative estimate of drug-likeness (QED) is 0.610. The third-order valence-electron chi connectivity index (χ3n) is 2.72. The van der Waals surface area contributed by atoms with E-state index < -0.39 is 6.49 Å². The highest BCUT2D eigenvalue weighted by Crippen LogP contribution is 2.65. The summed E-state index contributed by atoms with van der Waals surface area (Å²) >= 11 is 7.35. The van der Waals surface area contributed by atoms with Crippen LogP contribution in [-0.4, -0.2) is 58.3 Å². The van der Waals surface area contributed by atoms with Crippen LogP contribution in [-0.2, 0) is 11.8 Å². The van der Waals surface area contributed by atoms with Crippen LogP contribution in [0.25, 0.3) is 0 Å². The summed E-state index contributed by atoms with van der Waals surface area (Å²) in [6, 6.07) is 0. The predicted molar refractivity (Wildman–Crippen MR) is 71.1 cm³/mol. The molecule has 0 amide bonds. The lowest BCUT2D eigenvalue weighted by molar-refractivity contribution is 0.697. The molecule has 3 fully saturated rings. The molecule has 0 N–H and O–H groups in total. The molecule has 4 heterocycles. The molecule has 0 atom stereocenters. The molecule has 7 heteroatoms. The molecule has 16 heavy (non-hydrogen) atoms. The SMILES string of the molecule is S=P(N1CC1)(N1CC1)N1CC1.c1cscn1. The van der Waals surface area contributed by atoms with E-state index in [4.69, 9.17) is 11.8 Å². The van der Waals surface area contributed by atoms with Crippen LogP contribution in [0.2, 0.25) is 0 Å². The van der Waals surface area contributed by atoms with Crippen molar-refractivity contribution in [2.24, 2.45) is 0 Å². The predicted octanol–water partition coefficient (Wildman–Crippen LogP) is 1.30. The van der Waals surface area contributed by atoms with E-state index in [0.29, 0.717) is 0 Å². The lowest BCUT2D eigenvalue weighted by atomic mass is 11.0. The molecule has 0 aromatic carbocycles.